The second kappa shape index (κ2) is 6.10. The molecule has 0 fully saturated rings. The molecule has 86 valence electrons. The maximum atomic E-state index is 11.2. The number of benzene rings is 1. The Morgan fingerprint density at radius 2 is 2.06 bits per heavy atom. The minimum atomic E-state index is -0.424. The number of ketones is 1. The molecule has 1 aromatic carbocycles. The number of halogens is 2. The Kier molecular flexibility index (Phi) is 5.08. The number of rotatable bonds is 5. The monoisotopic (exact) mass is 349 g/mol. The summed E-state index contributed by atoms with van der Waals surface area (Å²) in [6, 6.07) is 4.74. The molecule has 0 saturated heterocycles. The lowest BCUT2D eigenvalue weighted by atomic mass is 10.1. The van der Waals surface area contributed by atoms with Crippen LogP contribution in [0.4, 0.5) is 5.69 Å². The maximum absolute atomic E-state index is 11.2. The lowest BCUT2D eigenvalue weighted by Gasteiger charge is -2.03. The Hall–Kier alpha value is -0.750. The largest absolute Gasteiger partial charge is 0.298 e. The summed E-state index contributed by atoms with van der Waals surface area (Å²) in [5, 5.41) is 11.4. The molecule has 0 bridgehead atoms. The van der Waals surface area contributed by atoms with Gasteiger partial charge < -0.3 is 0 Å². The number of nitro groups is 1. The molecule has 0 aliphatic rings. The second-order valence-corrected chi connectivity index (χ2v) is 4.32. The molecule has 0 aromatic heterocycles. The van der Waals surface area contributed by atoms with E-state index in [2.05, 4.69) is 31.9 Å². The normalized spacial score (nSPS) is 10.1. The molecule has 0 spiro atoms. The number of hydrogen-bond donors (Lipinski definition) is 0. The molecule has 1 aromatic rings. The van der Waals surface area contributed by atoms with E-state index in [1.54, 1.807) is 12.1 Å². The average molecular weight is 351 g/mol. The molecule has 1 rings (SSSR count). The van der Waals surface area contributed by atoms with Gasteiger partial charge in [0, 0.05) is 23.4 Å². The zero-order chi connectivity index (χ0) is 12.1. The maximum Gasteiger partial charge on any atom is 0.273 e. The summed E-state index contributed by atoms with van der Waals surface area (Å²) in [5.41, 5.74) is 1.46. The van der Waals surface area contributed by atoms with E-state index in [-0.39, 0.29) is 11.5 Å². The van der Waals surface area contributed by atoms with Crippen LogP contribution in [0.2, 0.25) is 0 Å². The number of hydrogen-bond acceptors (Lipinski definition) is 3. The van der Waals surface area contributed by atoms with Crippen molar-refractivity contribution in [3.8, 4) is 0 Å². The van der Waals surface area contributed by atoms with Crippen molar-refractivity contribution >= 4 is 43.3 Å². The fraction of sp³-hybridized carbons (Fsp3) is 0.300. The molecular formula is C10H9Br2NO3. The van der Waals surface area contributed by atoms with Gasteiger partial charge in [-0.25, -0.2) is 0 Å². The van der Waals surface area contributed by atoms with Gasteiger partial charge in [-0.2, -0.15) is 0 Å². The summed E-state index contributed by atoms with van der Waals surface area (Å²) in [5.74, 6) is 0.0503. The average Bonchev–Trinajstić information content (AvgIpc) is 2.28. The molecule has 0 radical (unpaired) electrons. The molecule has 0 aliphatic heterocycles. The van der Waals surface area contributed by atoms with E-state index in [0.29, 0.717) is 22.6 Å². The molecule has 6 heteroatoms. The van der Waals surface area contributed by atoms with Gasteiger partial charge in [0.25, 0.3) is 5.69 Å². The highest BCUT2D eigenvalue weighted by molar-refractivity contribution is 9.09. The van der Waals surface area contributed by atoms with Crippen LogP contribution in [0.25, 0.3) is 0 Å². The van der Waals surface area contributed by atoms with Gasteiger partial charge in [0.1, 0.15) is 5.78 Å². The van der Waals surface area contributed by atoms with Gasteiger partial charge in [-0.1, -0.05) is 37.9 Å². The Morgan fingerprint density at radius 1 is 1.38 bits per heavy atom. The van der Waals surface area contributed by atoms with Crippen molar-refractivity contribution in [3.63, 3.8) is 0 Å². The van der Waals surface area contributed by atoms with Gasteiger partial charge in [0.05, 0.1) is 10.3 Å². The predicted molar refractivity (Wildman–Crippen MR) is 68.2 cm³/mol. The minimum absolute atomic E-state index is 0.0503. The number of alkyl halides is 2. The number of nitrogens with zero attached hydrogens (tertiary/aromatic N) is 1. The van der Waals surface area contributed by atoms with E-state index in [4.69, 9.17) is 0 Å². The smallest absolute Gasteiger partial charge is 0.273 e. The van der Waals surface area contributed by atoms with Crippen molar-refractivity contribution < 1.29 is 9.72 Å². The third-order valence-corrected chi connectivity index (χ3v) is 3.26. The topological polar surface area (TPSA) is 60.2 Å². The van der Waals surface area contributed by atoms with E-state index < -0.39 is 4.92 Å². The third-order valence-electron chi connectivity index (χ3n) is 2.03. The summed E-state index contributed by atoms with van der Waals surface area (Å²) in [6.07, 6.45) is 0.295. The Morgan fingerprint density at radius 3 is 2.56 bits per heavy atom. The molecule has 0 saturated carbocycles. The Balaban J connectivity index is 2.99. The van der Waals surface area contributed by atoms with Crippen molar-refractivity contribution in [2.24, 2.45) is 0 Å². The van der Waals surface area contributed by atoms with Crippen molar-refractivity contribution in [3.05, 3.63) is 39.4 Å². The van der Waals surface area contributed by atoms with E-state index in [1.807, 2.05) is 0 Å². The first-order valence-corrected chi connectivity index (χ1v) is 6.72. The van der Waals surface area contributed by atoms with Crippen LogP contribution in [0.5, 0.6) is 0 Å². The lowest BCUT2D eigenvalue weighted by molar-refractivity contribution is -0.385. The highest BCUT2D eigenvalue weighted by Gasteiger charge is 2.13. The molecule has 0 N–H and O–H groups in total. The van der Waals surface area contributed by atoms with E-state index in [9.17, 15) is 14.9 Å². The van der Waals surface area contributed by atoms with Crippen LogP contribution in [-0.2, 0) is 16.5 Å². The molecule has 0 amide bonds. The van der Waals surface area contributed by atoms with Crippen molar-refractivity contribution in [1.29, 1.82) is 0 Å². The molecule has 16 heavy (non-hydrogen) atoms. The zero-order valence-corrected chi connectivity index (χ0v) is 11.5. The van der Waals surface area contributed by atoms with E-state index >= 15 is 0 Å². The van der Waals surface area contributed by atoms with Crippen LogP contribution in [0.15, 0.2) is 18.2 Å². The van der Waals surface area contributed by atoms with Gasteiger partial charge in [-0.05, 0) is 11.6 Å². The lowest BCUT2D eigenvalue weighted by Crippen LogP contribution is -2.04. The van der Waals surface area contributed by atoms with Crippen LogP contribution in [-0.4, -0.2) is 16.0 Å². The molecule has 0 aliphatic carbocycles. The summed E-state index contributed by atoms with van der Waals surface area (Å²) in [6.45, 7) is 0. The molecule has 4 nitrogen and oxygen atoms in total. The molecule has 0 heterocycles. The Labute approximate surface area is 109 Å². The summed E-state index contributed by atoms with van der Waals surface area (Å²) >= 11 is 6.27. The van der Waals surface area contributed by atoms with Gasteiger partial charge in [-0.3, -0.25) is 14.9 Å². The van der Waals surface area contributed by atoms with Gasteiger partial charge in [0.2, 0.25) is 0 Å². The molecular weight excluding hydrogens is 342 g/mol. The first-order chi connectivity index (χ1) is 7.58. The van der Waals surface area contributed by atoms with Crippen LogP contribution in [0.3, 0.4) is 0 Å². The SMILES string of the molecule is O=C(CBr)Cc1ccc([N+](=O)[O-])c(CBr)c1. The van der Waals surface area contributed by atoms with Crippen LogP contribution in [0.1, 0.15) is 11.1 Å². The first-order valence-electron chi connectivity index (χ1n) is 4.48. The van der Waals surface area contributed by atoms with Crippen molar-refractivity contribution in [2.75, 3.05) is 5.33 Å². The van der Waals surface area contributed by atoms with Crippen LogP contribution >= 0.6 is 31.9 Å². The van der Waals surface area contributed by atoms with Crippen molar-refractivity contribution in [2.45, 2.75) is 11.8 Å². The minimum Gasteiger partial charge on any atom is -0.298 e. The standard InChI is InChI=1S/C10H9Br2NO3/c11-5-8-3-7(4-9(14)6-12)1-2-10(8)13(15)16/h1-3H,4-6H2. The third kappa shape index (κ3) is 3.38. The summed E-state index contributed by atoms with van der Waals surface area (Å²) in [7, 11) is 0. The highest BCUT2D eigenvalue weighted by Crippen LogP contribution is 2.22. The summed E-state index contributed by atoms with van der Waals surface area (Å²) < 4.78 is 0. The second-order valence-electron chi connectivity index (χ2n) is 3.20. The fourth-order valence-corrected chi connectivity index (χ4v) is 1.96. The van der Waals surface area contributed by atoms with E-state index in [0.717, 1.165) is 5.56 Å². The molecule has 0 unspecified atom stereocenters. The number of nitro benzene ring substituents is 1. The quantitative estimate of drug-likeness (QED) is 0.466. The van der Waals surface area contributed by atoms with Gasteiger partial charge in [-0.15, -0.1) is 0 Å². The summed E-state index contributed by atoms with van der Waals surface area (Å²) in [4.78, 5) is 21.5. The number of carbonyl (C=O) groups excluding carboxylic acids is 1. The van der Waals surface area contributed by atoms with E-state index in [1.165, 1.54) is 6.07 Å². The predicted octanol–water partition coefficient (Wildman–Crippen LogP) is 3.00. The number of carbonyl (C=O) groups is 1. The van der Waals surface area contributed by atoms with Gasteiger partial charge in [0.15, 0.2) is 0 Å². The van der Waals surface area contributed by atoms with Gasteiger partial charge >= 0.3 is 0 Å². The van der Waals surface area contributed by atoms with Crippen LogP contribution in [0, 0.1) is 10.1 Å². The fourth-order valence-electron chi connectivity index (χ4n) is 1.31. The van der Waals surface area contributed by atoms with Crippen LogP contribution < -0.4 is 0 Å². The first kappa shape index (κ1) is 13.3. The van der Waals surface area contributed by atoms with Crippen molar-refractivity contribution in [1.82, 2.24) is 0 Å². The zero-order valence-electron chi connectivity index (χ0n) is 8.28. The Bertz CT molecular complexity index is 421. The number of Topliss-reactive ketones (excluding diaryl/α,β-unsaturated/α-hetero) is 1. The highest BCUT2D eigenvalue weighted by atomic mass is 79.9. The molecule has 0 atom stereocenters.